The molecule has 0 aliphatic carbocycles. The van der Waals surface area contributed by atoms with Crippen molar-refractivity contribution in [3.8, 4) is 11.4 Å². The van der Waals surface area contributed by atoms with Crippen LogP contribution in [0, 0.1) is 20.8 Å². The molecule has 0 fully saturated rings. The van der Waals surface area contributed by atoms with Gasteiger partial charge in [0.2, 0.25) is 0 Å². The Morgan fingerprint density at radius 1 is 1.12 bits per heavy atom. The Kier molecular flexibility index (Phi) is 3.57. The zero-order valence-electron chi connectivity index (χ0n) is 15.3. The number of benzene rings is 1. The number of hydrogen-bond donors (Lipinski definition) is 2. The molecular weight excluding hydrogens is 326 g/mol. The van der Waals surface area contributed by atoms with Crippen molar-refractivity contribution in [2.75, 3.05) is 5.73 Å². The van der Waals surface area contributed by atoms with Crippen LogP contribution in [0.1, 0.15) is 29.3 Å². The fourth-order valence-electron chi connectivity index (χ4n) is 3.64. The Hall–Kier alpha value is -3.15. The number of nitrogens with zero attached hydrogens (tertiary/aromatic N) is 4. The first-order valence-electron chi connectivity index (χ1n) is 8.64. The maximum atomic E-state index is 10.3. The molecule has 6 heteroatoms. The number of phenols is 1. The Morgan fingerprint density at radius 2 is 1.88 bits per heavy atom. The molecule has 4 rings (SSSR count). The molecule has 0 aliphatic rings. The molecule has 0 saturated heterocycles. The van der Waals surface area contributed by atoms with Crippen molar-refractivity contribution in [1.29, 1.82) is 0 Å². The smallest absolute Gasteiger partial charge is 0.152 e. The number of rotatable bonds is 2. The van der Waals surface area contributed by atoms with Crippen LogP contribution in [0.15, 0.2) is 24.5 Å². The highest BCUT2D eigenvalue weighted by molar-refractivity contribution is 6.11. The molecule has 0 saturated carbocycles. The second-order valence-electron chi connectivity index (χ2n) is 6.63. The number of nitrogen functional groups attached to an aromatic ring is 1. The molecule has 0 bridgehead atoms. The van der Waals surface area contributed by atoms with Crippen molar-refractivity contribution in [3.05, 3.63) is 46.9 Å². The van der Waals surface area contributed by atoms with E-state index in [-0.39, 0.29) is 5.75 Å². The predicted molar refractivity (Wildman–Crippen MR) is 104 cm³/mol. The van der Waals surface area contributed by atoms with Gasteiger partial charge in [0.05, 0.1) is 11.1 Å². The normalized spacial score (nSPS) is 11.5. The van der Waals surface area contributed by atoms with Crippen molar-refractivity contribution in [1.82, 2.24) is 19.5 Å². The first-order valence-corrected chi connectivity index (χ1v) is 8.64. The van der Waals surface area contributed by atoms with Gasteiger partial charge in [0.25, 0.3) is 0 Å². The van der Waals surface area contributed by atoms with E-state index in [1.54, 1.807) is 6.07 Å². The Balaban J connectivity index is 2.28. The van der Waals surface area contributed by atoms with Gasteiger partial charge in [-0.1, -0.05) is 13.0 Å². The summed E-state index contributed by atoms with van der Waals surface area (Å²) in [7, 11) is 0. The number of aryl methyl sites for hydroxylation is 3. The van der Waals surface area contributed by atoms with Crippen LogP contribution >= 0.6 is 0 Å². The predicted octanol–water partition coefficient (Wildman–Crippen LogP) is 3.74. The summed E-state index contributed by atoms with van der Waals surface area (Å²) in [4.78, 5) is 13.6. The number of anilines is 1. The Labute approximate surface area is 151 Å². The highest BCUT2D eigenvalue weighted by Gasteiger charge is 2.21. The van der Waals surface area contributed by atoms with Gasteiger partial charge >= 0.3 is 0 Å². The molecule has 1 aromatic carbocycles. The monoisotopic (exact) mass is 347 g/mol. The Bertz CT molecular complexity index is 1180. The number of phenolic OH excluding ortho intramolecular Hbond substituents is 1. The molecule has 3 aromatic heterocycles. The van der Waals surface area contributed by atoms with Crippen LogP contribution < -0.4 is 5.73 Å². The standard InChI is InChI=1S/C20H21N5O/c1-5-13-8-14-16-18(21)22-9-23-20(16)25(19(14)24-12(13)4)17-10(2)6-7-15(26)11(17)3/h6-9,26H,5H2,1-4H3,(H2,21,22,23). The number of aromatic hydroxyl groups is 1. The quantitative estimate of drug-likeness (QED) is 0.576. The van der Waals surface area contributed by atoms with E-state index in [4.69, 9.17) is 10.7 Å². The molecule has 26 heavy (non-hydrogen) atoms. The third kappa shape index (κ3) is 2.15. The molecule has 0 amide bonds. The molecule has 3 heterocycles. The van der Waals surface area contributed by atoms with Crippen molar-refractivity contribution >= 4 is 27.9 Å². The van der Waals surface area contributed by atoms with Gasteiger partial charge in [0, 0.05) is 16.6 Å². The van der Waals surface area contributed by atoms with Crippen LogP contribution in [0.4, 0.5) is 5.82 Å². The lowest BCUT2D eigenvalue weighted by Crippen LogP contribution is -2.04. The lowest BCUT2D eigenvalue weighted by Gasteiger charge is -2.14. The molecule has 0 spiro atoms. The second kappa shape index (κ2) is 5.69. The van der Waals surface area contributed by atoms with E-state index in [2.05, 4.69) is 23.0 Å². The number of fused-ring (bicyclic) bond motifs is 3. The van der Waals surface area contributed by atoms with Gasteiger partial charge in [-0.05, 0) is 50.5 Å². The third-order valence-electron chi connectivity index (χ3n) is 5.06. The van der Waals surface area contributed by atoms with E-state index in [0.717, 1.165) is 45.3 Å². The highest BCUT2D eigenvalue weighted by Crippen LogP contribution is 2.37. The summed E-state index contributed by atoms with van der Waals surface area (Å²) in [6.07, 6.45) is 2.35. The van der Waals surface area contributed by atoms with E-state index in [1.807, 2.05) is 31.4 Å². The lowest BCUT2D eigenvalue weighted by molar-refractivity contribution is 0.470. The van der Waals surface area contributed by atoms with Gasteiger partial charge in [-0.25, -0.2) is 15.0 Å². The highest BCUT2D eigenvalue weighted by atomic mass is 16.3. The summed E-state index contributed by atoms with van der Waals surface area (Å²) in [5, 5.41) is 12.0. The summed E-state index contributed by atoms with van der Waals surface area (Å²) >= 11 is 0. The van der Waals surface area contributed by atoms with Gasteiger partial charge in [0.15, 0.2) is 5.65 Å². The first kappa shape index (κ1) is 16.3. The largest absolute Gasteiger partial charge is 0.508 e. The summed E-state index contributed by atoms with van der Waals surface area (Å²) < 4.78 is 1.99. The molecule has 0 unspecified atom stereocenters. The maximum Gasteiger partial charge on any atom is 0.152 e. The van der Waals surface area contributed by atoms with E-state index in [0.29, 0.717) is 11.5 Å². The van der Waals surface area contributed by atoms with Gasteiger partial charge in [-0.3, -0.25) is 4.57 Å². The number of aromatic nitrogens is 4. The van der Waals surface area contributed by atoms with Gasteiger partial charge in [0.1, 0.15) is 23.5 Å². The minimum absolute atomic E-state index is 0.240. The third-order valence-corrected chi connectivity index (χ3v) is 5.06. The van der Waals surface area contributed by atoms with Crippen LogP contribution in [0.5, 0.6) is 5.75 Å². The summed E-state index contributed by atoms with van der Waals surface area (Å²) in [6, 6.07) is 5.73. The average Bonchev–Trinajstić information content (AvgIpc) is 2.92. The number of pyridine rings is 1. The molecule has 6 nitrogen and oxygen atoms in total. The molecule has 4 aromatic rings. The van der Waals surface area contributed by atoms with Crippen molar-refractivity contribution in [2.24, 2.45) is 0 Å². The number of hydrogen-bond acceptors (Lipinski definition) is 5. The van der Waals surface area contributed by atoms with Crippen molar-refractivity contribution < 1.29 is 5.11 Å². The van der Waals surface area contributed by atoms with Crippen LogP contribution in [-0.4, -0.2) is 24.6 Å². The summed E-state index contributed by atoms with van der Waals surface area (Å²) in [5.74, 6) is 0.673. The zero-order valence-corrected chi connectivity index (χ0v) is 15.3. The van der Waals surface area contributed by atoms with Crippen LogP contribution in [-0.2, 0) is 6.42 Å². The second-order valence-corrected chi connectivity index (χ2v) is 6.63. The maximum absolute atomic E-state index is 10.3. The molecule has 0 radical (unpaired) electrons. The van der Waals surface area contributed by atoms with E-state index >= 15 is 0 Å². The molecular formula is C20H21N5O. The topological polar surface area (TPSA) is 89.8 Å². The minimum Gasteiger partial charge on any atom is -0.508 e. The SMILES string of the molecule is CCc1cc2c3c(N)ncnc3n(-c3c(C)ccc(O)c3C)c2nc1C. The molecule has 0 aliphatic heterocycles. The summed E-state index contributed by atoms with van der Waals surface area (Å²) in [5.41, 5.74) is 12.5. The first-order chi connectivity index (χ1) is 12.4. The summed E-state index contributed by atoms with van der Waals surface area (Å²) in [6.45, 7) is 8.03. The van der Waals surface area contributed by atoms with Crippen molar-refractivity contribution in [2.45, 2.75) is 34.1 Å². The van der Waals surface area contributed by atoms with E-state index in [1.165, 1.54) is 11.9 Å². The fraction of sp³-hybridized carbons (Fsp3) is 0.250. The van der Waals surface area contributed by atoms with Gasteiger partial charge in [-0.2, -0.15) is 0 Å². The van der Waals surface area contributed by atoms with Gasteiger partial charge in [-0.15, -0.1) is 0 Å². The fourth-order valence-corrected chi connectivity index (χ4v) is 3.64. The Morgan fingerprint density at radius 3 is 2.62 bits per heavy atom. The van der Waals surface area contributed by atoms with E-state index < -0.39 is 0 Å². The van der Waals surface area contributed by atoms with Crippen LogP contribution in [0.2, 0.25) is 0 Å². The number of nitrogens with two attached hydrogens (primary N) is 1. The van der Waals surface area contributed by atoms with Crippen LogP contribution in [0.25, 0.3) is 27.8 Å². The van der Waals surface area contributed by atoms with Crippen molar-refractivity contribution in [3.63, 3.8) is 0 Å². The molecule has 132 valence electrons. The van der Waals surface area contributed by atoms with Gasteiger partial charge < -0.3 is 10.8 Å². The van der Waals surface area contributed by atoms with E-state index in [9.17, 15) is 5.11 Å². The minimum atomic E-state index is 0.240. The zero-order chi connectivity index (χ0) is 18.6. The average molecular weight is 347 g/mol. The van der Waals surface area contributed by atoms with Crippen LogP contribution in [0.3, 0.4) is 0 Å². The molecule has 0 atom stereocenters. The molecule has 3 N–H and O–H groups in total. The lowest BCUT2D eigenvalue weighted by atomic mass is 10.1.